The summed E-state index contributed by atoms with van der Waals surface area (Å²) in [5.41, 5.74) is 0. The zero-order valence-corrected chi connectivity index (χ0v) is 57.1. The molecule has 2 unspecified atom stereocenters. The molecule has 87 heavy (non-hydrogen) atoms. The van der Waals surface area contributed by atoms with E-state index >= 15 is 0 Å². The topological polar surface area (TPSA) is 111 Å². The minimum Gasteiger partial charge on any atom is -0.545 e. The van der Waals surface area contributed by atoms with Crippen LogP contribution in [0.5, 0.6) is 0 Å². The van der Waals surface area contributed by atoms with E-state index in [1.807, 2.05) is 21.1 Å². The van der Waals surface area contributed by atoms with Crippen LogP contribution in [0.4, 0.5) is 0 Å². The van der Waals surface area contributed by atoms with E-state index < -0.39 is 24.3 Å². The number of rotatable bonds is 66. The molecule has 0 N–H and O–H groups in total. The molecule has 0 aliphatic rings. The summed E-state index contributed by atoms with van der Waals surface area (Å²) in [5.74, 6) is -2.27. The predicted octanol–water partition coefficient (Wildman–Crippen LogP) is 21.2. The predicted molar refractivity (Wildman–Crippen MR) is 370 cm³/mol. The fraction of sp³-hybridized carbons (Fsp3) is 0.731. The van der Waals surface area contributed by atoms with Gasteiger partial charge in [-0.05, 0) is 83.5 Å². The van der Waals surface area contributed by atoms with Crippen molar-refractivity contribution < 1.29 is 42.9 Å². The number of nitrogens with zero attached hydrogens (tertiary/aromatic N) is 1. The maximum atomic E-state index is 12.9. The molecule has 500 valence electrons. The minimum absolute atomic E-state index is 0.146. The largest absolute Gasteiger partial charge is 0.545 e. The monoisotopic (exact) mass is 1210 g/mol. The van der Waals surface area contributed by atoms with Gasteiger partial charge in [0.15, 0.2) is 12.4 Å². The standard InChI is InChI=1S/C78H135NO8/c1-6-8-10-12-14-16-18-20-22-24-26-28-29-30-31-32-33-34-35-36-37-38-39-40-41-42-43-44-45-46-47-49-51-53-55-57-59-61-63-65-67-69-76(81)87-74(73-86-78(77(82)83)84-71-70-79(3,4)5)72-85-75(80)68-66-64-62-60-58-56-54-52-50-48-27-25-23-21-19-17-15-13-11-9-7-2/h8,10,14,16,20,22,26,28,30-31,33-34,36-37,39-40,42-43,74,78H,6-7,9,11-13,15,17-19,21,23-25,27,29,32,35,38,41,44-73H2,1-5H3/b10-8-,16-14-,22-20-,28-26-,31-30-,34-33-,37-36-,40-39-,43-42-. The lowest BCUT2D eigenvalue weighted by atomic mass is 10.0. The van der Waals surface area contributed by atoms with Gasteiger partial charge >= 0.3 is 11.9 Å². The van der Waals surface area contributed by atoms with Crippen molar-refractivity contribution in [1.82, 2.24) is 0 Å². The van der Waals surface area contributed by atoms with E-state index in [0.717, 1.165) is 96.3 Å². The van der Waals surface area contributed by atoms with Gasteiger partial charge in [-0.1, -0.05) is 322 Å². The van der Waals surface area contributed by atoms with E-state index in [1.54, 1.807) is 0 Å². The van der Waals surface area contributed by atoms with Crippen LogP contribution in [0.3, 0.4) is 0 Å². The van der Waals surface area contributed by atoms with Crippen LogP contribution in [-0.4, -0.2) is 82.3 Å². The smallest absolute Gasteiger partial charge is 0.306 e. The molecule has 9 nitrogen and oxygen atoms in total. The number of esters is 2. The van der Waals surface area contributed by atoms with Crippen LogP contribution < -0.4 is 5.11 Å². The molecule has 0 saturated carbocycles. The van der Waals surface area contributed by atoms with Gasteiger partial charge in [-0.15, -0.1) is 0 Å². The quantitative estimate of drug-likeness (QED) is 0.0195. The maximum absolute atomic E-state index is 12.9. The van der Waals surface area contributed by atoms with E-state index in [4.69, 9.17) is 18.9 Å². The Balaban J connectivity index is 4.08. The van der Waals surface area contributed by atoms with Gasteiger partial charge in [-0.2, -0.15) is 0 Å². The van der Waals surface area contributed by atoms with Gasteiger partial charge in [0.05, 0.1) is 40.3 Å². The molecule has 0 fully saturated rings. The lowest BCUT2D eigenvalue weighted by Gasteiger charge is -2.26. The summed E-state index contributed by atoms with van der Waals surface area (Å²) < 4.78 is 22.8. The number of carboxylic acids is 1. The van der Waals surface area contributed by atoms with Gasteiger partial charge in [0.25, 0.3) is 0 Å². The Hall–Kier alpha value is -4.05. The van der Waals surface area contributed by atoms with Crippen molar-refractivity contribution in [3.8, 4) is 0 Å². The molecule has 0 amide bonds. The molecule has 9 heteroatoms. The van der Waals surface area contributed by atoms with E-state index in [0.29, 0.717) is 23.9 Å². The number of hydrogen-bond acceptors (Lipinski definition) is 8. The molecule has 0 radical (unpaired) electrons. The van der Waals surface area contributed by atoms with Crippen LogP contribution in [0, 0.1) is 0 Å². The molecule has 0 rings (SSSR count). The van der Waals surface area contributed by atoms with Gasteiger partial charge in [0.2, 0.25) is 0 Å². The average Bonchev–Trinajstić information content (AvgIpc) is 3.59. The molecule has 0 aromatic heterocycles. The summed E-state index contributed by atoms with van der Waals surface area (Å²) in [5, 5.41) is 11.8. The second-order valence-corrected chi connectivity index (χ2v) is 25.2. The zero-order chi connectivity index (χ0) is 63.3. The zero-order valence-electron chi connectivity index (χ0n) is 57.1. The van der Waals surface area contributed by atoms with Crippen molar-refractivity contribution >= 4 is 17.9 Å². The van der Waals surface area contributed by atoms with Crippen molar-refractivity contribution in [2.45, 2.75) is 322 Å². The Labute approximate surface area is 536 Å². The Bertz CT molecular complexity index is 1800. The van der Waals surface area contributed by atoms with E-state index in [2.05, 4.69) is 123 Å². The molecular weight excluding hydrogens is 1080 g/mol. The maximum Gasteiger partial charge on any atom is 0.306 e. The first kappa shape index (κ1) is 83.0. The summed E-state index contributed by atoms with van der Waals surface area (Å²) in [4.78, 5) is 37.5. The Morgan fingerprint density at radius 1 is 0.356 bits per heavy atom. The van der Waals surface area contributed by atoms with Gasteiger partial charge in [0, 0.05) is 12.8 Å². The molecule has 0 aliphatic carbocycles. The number of likely N-dealkylation sites (N-methyl/N-ethyl adjacent to an activating group) is 1. The third-order valence-electron chi connectivity index (χ3n) is 15.5. The molecule has 0 spiro atoms. The number of ether oxygens (including phenoxy) is 4. The lowest BCUT2D eigenvalue weighted by molar-refractivity contribution is -0.870. The first-order valence-corrected chi connectivity index (χ1v) is 36.0. The third-order valence-corrected chi connectivity index (χ3v) is 15.5. The van der Waals surface area contributed by atoms with Crippen molar-refractivity contribution in [1.29, 1.82) is 0 Å². The van der Waals surface area contributed by atoms with Crippen molar-refractivity contribution in [3.63, 3.8) is 0 Å². The molecule has 0 aromatic rings. The minimum atomic E-state index is -1.62. The Kier molecular flexibility index (Phi) is 64.7. The molecule has 2 atom stereocenters. The number of aliphatic carboxylic acids is 1. The van der Waals surface area contributed by atoms with Crippen LogP contribution in [0.1, 0.15) is 309 Å². The first-order valence-electron chi connectivity index (χ1n) is 36.0. The Morgan fingerprint density at radius 3 is 0.977 bits per heavy atom. The van der Waals surface area contributed by atoms with E-state index in [9.17, 15) is 19.5 Å². The number of hydrogen-bond donors (Lipinski definition) is 0. The summed E-state index contributed by atoms with van der Waals surface area (Å²) in [6, 6.07) is 0. The van der Waals surface area contributed by atoms with Crippen molar-refractivity contribution in [2.75, 3.05) is 47.5 Å². The highest BCUT2D eigenvalue weighted by atomic mass is 16.7. The van der Waals surface area contributed by atoms with Crippen molar-refractivity contribution in [2.24, 2.45) is 0 Å². The molecule has 0 heterocycles. The fourth-order valence-corrected chi connectivity index (χ4v) is 10.1. The van der Waals surface area contributed by atoms with Crippen molar-refractivity contribution in [3.05, 3.63) is 109 Å². The van der Waals surface area contributed by atoms with Crippen LogP contribution >= 0.6 is 0 Å². The van der Waals surface area contributed by atoms with Gasteiger partial charge < -0.3 is 33.3 Å². The summed E-state index contributed by atoms with van der Waals surface area (Å²) in [6.07, 6.45) is 91.7. The second-order valence-electron chi connectivity index (χ2n) is 25.2. The molecule has 0 bridgehead atoms. The van der Waals surface area contributed by atoms with Gasteiger partial charge in [-0.25, -0.2) is 0 Å². The summed E-state index contributed by atoms with van der Waals surface area (Å²) >= 11 is 0. The third kappa shape index (κ3) is 69.3. The fourth-order valence-electron chi connectivity index (χ4n) is 10.1. The number of carboxylic acid groups (broad SMARTS) is 1. The summed E-state index contributed by atoms with van der Waals surface area (Å²) in [7, 11) is 5.93. The van der Waals surface area contributed by atoms with Gasteiger partial charge in [0.1, 0.15) is 13.2 Å². The van der Waals surface area contributed by atoms with Crippen LogP contribution in [0.25, 0.3) is 0 Å². The highest BCUT2D eigenvalue weighted by Gasteiger charge is 2.22. The van der Waals surface area contributed by atoms with Crippen LogP contribution in [0.15, 0.2) is 109 Å². The SMILES string of the molecule is CC/C=C\C/C=C\C/C=C\C/C=C\C/C=C\C/C=C\C/C=C\C/C=C\C/C=C\CCCCCCCCCCCCCCCC(=O)OC(COC(=O)CCCCCCCCCCCCCCCCCCCCCCC)COC(OCC[N+](C)(C)C)C(=O)[O-]. The summed E-state index contributed by atoms with van der Waals surface area (Å²) in [6.45, 7) is 4.67. The number of quaternary nitrogens is 1. The number of allylic oxidation sites excluding steroid dienone is 18. The Morgan fingerprint density at radius 2 is 0.655 bits per heavy atom. The normalized spacial score (nSPS) is 13.3. The van der Waals surface area contributed by atoms with Crippen LogP contribution in [0.2, 0.25) is 0 Å². The second kappa shape index (κ2) is 67.9. The van der Waals surface area contributed by atoms with Crippen LogP contribution in [-0.2, 0) is 33.3 Å². The first-order chi connectivity index (χ1) is 42.6. The highest BCUT2D eigenvalue weighted by molar-refractivity contribution is 5.70. The molecule has 0 saturated heterocycles. The molecular formula is C78H135NO8. The lowest BCUT2D eigenvalue weighted by Crippen LogP contribution is -2.44. The molecule has 0 aromatic carbocycles. The average molecular weight is 1210 g/mol. The highest BCUT2D eigenvalue weighted by Crippen LogP contribution is 2.18. The number of carbonyl (C=O) groups is 3. The van der Waals surface area contributed by atoms with Gasteiger partial charge in [-0.3, -0.25) is 9.59 Å². The number of unbranched alkanes of at least 4 members (excludes halogenated alkanes) is 33. The number of carbonyl (C=O) groups excluding carboxylic acids is 3. The van der Waals surface area contributed by atoms with E-state index in [-0.39, 0.29) is 32.2 Å². The van der Waals surface area contributed by atoms with E-state index in [1.165, 1.54) is 180 Å². The molecule has 0 aliphatic heterocycles.